The van der Waals surface area contributed by atoms with Gasteiger partial charge < -0.3 is 9.30 Å². The second kappa shape index (κ2) is 8.14. The van der Waals surface area contributed by atoms with Crippen LogP contribution in [0.4, 0.5) is 0 Å². The quantitative estimate of drug-likeness (QED) is 0.403. The summed E-state index contributed by atoms with van der Waals surface area (Å²) in [6.07, 6.45) is 2.44. The number of hydrogen-bond donors (Lipinski definition) is 0. The van der Waals surface area contributed by atoms with E-state index in [1.807, 2.05) is 30.3 Å². The molecule has 0 saturated heterocycles. The van der Waals surface area contributed by atoms with Gasteiger partial charge in [0, 0.05) is 16.7 Å². The lowest BCUT2D eigenvalue weighted by Gasteiger charge is -2.10. The highest BCUT2D eigenvalue weighted by molar-refractivity contribution is 7.99. The minimum Gasteiger partial charge on any atom is -0.493 e. The van der Waals surface area contributed by atoms with E-state index in [1.165, 1.54) is 18.4 Å². The fourth-order valence-corrected chi connectivity index (χ4v) is 3.68. The zero-order chi connectivity index (χ0) is 17.8. The summed E-state index contributed by atoms with van der Waals surface area (Å²) in [5, 5.41) is 10.6. The second-order valence-corrected chi connectivity index (χ2v) is 7.84. The molecule has 4 rings (SSSR count). The van der Waals surface area contributed by atoms with Crippen molar-refractivity contribution in [3.63, 3.8) is 0 Å². The first kappa shape index (κ1) is 17.4. The van der Waals surface area contributed by atoms with Crippen molar-refractivity contribution >= 4 is 23.4 Å². The SMILES string of the molecule is Clc1ccc(OCCSc2nnc(C3CC3)n2Cc2ccccc2)cc1. The van der Waals surface area contributed by atoms with Gasteiger partial charge in [-0.15, -0.1) is 10.2 Å². The zero-order valence-electron chi connectivity index (χ0n) is 14.3. The van der Waals surface area contributed by atoms with E-state index >= 15 is 0 Å². The Morgan fingerprint density at radius 2 is 1.81 bits per heavy atom. The normalized spacial score (nSPS) is 13.7. The van der Waals surface area contributed by atoms with E-state index in [4.69, 9.17) is 16.3 Å². The van der Waals surface area contributed by atoms with Crippen molar-refractivity contribution in [3.8, 4) is 5.75 Å². The Bertz CT molecular complexity index is 847. The third kappa shape index (κ3) is 4.40. The molecule has 1 aliphatic carbocycles. The number of ether oxygens (including phenoxy) is 1. The zero-order valence-corrected chi connectivity index (χ0v) is 15.9. The Labute approximate surface area is 162 Å². The molecular weight excluding hydrogens is 366 g/mol. The molecule has 6 heteroatoms. The summed E-state index contributed by atoms with van der Waals surface area (Å²) in [5.74, 6) is 3.35. The van der Waals surface area contributed by atoms with E-state index in [1.54, 1.807) is 11.8 Å². The number of thioether (sulfide) groups is 1. The molecule has 134 valence electrons. The Morgan fingerprint density at radius 1 is 1.04 bits per heavy atom. The van der Waals surface area contributed by atoms with Crippen LogP contribution in [-0.2, 0) is 6.54 Å². The summed E-state index contributed by atoms with van der Waals surface area (Å²) >= 11 is 7.59. The van der Waals surface area contributed by atoms with Crippen LogP contribution in [0.1, 0.15) is 30.1 Å². The van der Waals surface area contributed by atoms with E-state index in [-0.39, 0.29) is 0 Å². The Balaban J connectivity index is 1.39. The third-order valence-corrected chi connectivity index (χ3v) is 5.45. The summed E-state index contributed by atoms with van der Waals surface area (Å²) in [6, 6.07) is 17.9. The molecule has 0 amide bonds. The van der Waals surface area contributed by atoms with Gasteiger partial charge in [0.1, 0.15) is 11.6 Å². The van der Waals surface area contributed by atoms with Crippen molar-refractivity contribution in [2.45, 2.75) is 30.5 Å². The van der Waals surface area contributed by atoms with Crippen LogP contribution in [0, 0.1) is 0 Å². The molecule has 26 heavy (non-hydrogen) atoms. The lowest BCUT2D eigenvalue weighted by Crippen LogP contribution is -2.07. The van der Waals surface area contributed by atoms with E-state index < -0.39 is 0 Å². The number of benzene rings is 2. The summed E-state index contributed by atoms with van der Waals surface area (Å²) in [4.78, 5) is 0. The molecule has 3 aromatic rings. The van der Waals surface area contributed by atoms with Crippen LogP contribution in [-0.4, -0.2) is 27.1 Å². The van der Waals surface area contributed by atoms with Gasteiger partial charge >= 0.3 is 0 Å². The molecule has 1 fully saturated rings. The Hall–Kier alpha value is -1.98. The molecule has 0 aliphatic heterocycles. The van der Waals surface area contributed by atoms with Crippen molar-refractivity contribution in [1.29, 1.82) is 0 Å². The van der Waals surface area contributed by atoms with Crippen molar-refractivity contribution in [1.82, 2.24) is 14.8 Å². The Kier molecular flexibility index (Phi) is 5.46. The molecular formula is C20H20ClN3OS. The molecule has 0 N–H and O–H groups in total. The van der Waals surface area contributed by atoms with Crippen molar-refractivity contribution in [3.05, 3.63) is 71.0 Å². The first-order valence-corrected chi connectivity index (χ1v) is 10.1. The lowest BCUT2D eigenvalue weighted by atomic mass is 10.2. The number of aromatic nitrogens is 3. The third-order valence-electron chi connectivity index (χ3n) is 4.27. The summed E-state index contributed by atoms with van der Waals surface area (Å²) < 4.78 is 8.03. The van der Waals surface area contributed by atoms with Crippen LogP contribution in [0.25, 0.3) is 0 Å². The fraction of sp³-hybridized carbons (Fsp3) is 0.300. The average molecular weight is 386 g/mol. The highest BCUT2D eigenvalue weighted by atomic mass is 35.5. The topological polar surface area (TPSA) is 39.9 Å². The molecule has 1 aliphatic rings. The number of nitrogens with zero attached hydrogens (tertiary/aromatic N) is 3. The van der Waals surface area contributed by atoms with Crippen LogP contribution in [0.5, 0.6) is 5.75 Å². The largest absolute Gasteiger partial charge is 0.493 e. The highest BCUT2D eigenvalue weighted by Crippen LogP contribution is 2.40. The van der Waals surface area contributed by atoms with Crippen molar-refractivity contribution < 1.29 is 4.74 Å². The van der Waals surface area contributed by atoms with Gasteiger partial charge in [-0.05, 0) is 42.7 Å². The monoisotopic (exact) mass is 385 g/mol. The van der Waals surface area contributed by atoms with Crippen LogP contribution < -0.4 is 4.74 Å². The van der Waals surface area contributed by atoms with Crippen LogP contribution in [0.3, 0.4) is 0 Å². The van der Waals surface area contributed by atoms with Gasteiger partial charge in [-0.2, -0.15) is 0 Å². The fourth-order valence-electron chi connectivity index (χ4n) is 2.79. The summed E-state index contributed by atoms with van der Waals surface area (Å²) in [6.45, 7) is 1.43. The van der Waals surface area contributed by atoms with Gasteiger partial charge in [0.15, 0.2) is 5.16 Å². The average Bonchev–Trinajstić information content (AvgIpc) is 3.44. The Morgan fingerprint density at radius 3 is 2.54 bits per heavy atom. The van der Waals surface area contributed by atoms with E-state index in [9.17, 15) is 0 Å². The van der Waals surface area contributed by atoms with Gasteiger partial charge in [-0.1, -0.05) is 53.7 Å². The molecule has 0 radical (unpaired) electrons. The maximum Gasteiger partial charge on any atom is 0.191 e. The van der Waals surface area contributed by atoms with Crippen LogP contribution in [0.15, 0.2) is 59.8 Å². The number of rotatable bonds is 8. The molecule has 0 unspecified atom stereocenters. The maximum absolute atomic E-state index is 5.89. The van der Waals surface area contributed by atoms with Crippen molar-refractivity contribution in [2.24, 2.45) is 0 Å². The van der Waals surface area contributed by atoms with E-state index in [2.05, 4.69) is 39.0 Å². The maximum atomic E-state index is 5.89. The standard InChI is InChI=1S/C20H20ClN3OS/c21-17-8-10-18(11-9-17)25-12-13-26-20-23-22-19(16-6-7-16)24(20)14-15-4-2-1-3-5-15/h1-5,8-11,16H,6-7,12-14H2. The summed E-state index contributed by atoms with van der Waals surface area (Å²) in [5.41, 5.74) is 1.27. The number of halogens is 1. The predicted octanol–water partition coefficient (Wildman–Crippen LogP) is 5.03. The van der Waals surface area contributed by atoms with Gasteiger partial charge in [-0.3, -0.25) is 0 Å². The summed E-state index contributed by atoms with van der Waals surface area (Å²) in [7, 11) is 0. The van der Waals surface area contributed by atoms with E-state index in [0.29, 0.717) is 17.5 Å². The lowest BCUT2D eigenvalue weighted by molar-refractivity contribution is 0.344. The predicted molar refractivity (Wildman–Crippen MR) is 105 cm³/mol. The first-order valence-electron chi connectivity index (χ1n) is 8.78. The molecule has 1 saturated carbocycles. The van der Waals surface area contributed by atoms with Gasteiger partial charge in [0.2, 0.25) is 0 Å². The van der Waals surface area contributed by atoms with Gasteiger partial charge in [0.25, 0.3) is 0 Å². The molecule has 2 aromatic carbocycles. The van der Waals surface area contributed by atoms with Crippen molar-refractivity contribution in [2.75, 3.05) is 12.4 Å². The molecule has 0 atom stereocenters. The number of hydrogen-bond acceptors (Lipinski definition) is 4. The second-order valence-electron chi connectivity index (χ2n) is 6.34. The highest BCUT2D eigenvalue weighted by Gasteiger charge is 2.30. The molecule has 4 nitrogen and oxygen atoms in total. The molecule has 1 heterocycles. The first-order chi connectivity index (χ1) is 12.8. The van der Waals surface area contributed by atoms with E-state index in [0.717, 1.165) is 29.0 Å². The van der Waals surface area contributed by atoms with Gasteiger partial charge in [0.05, 0.1) is 13.2 Å². The van der Waals surface area contributed by atoms with Gasteiger partial charge in [-0.25, -0.2) is 0 Å². The van der Waals surface area contributed by atoms with Crippen LogP contribution in [0.2, 0.25) is 5.02 Å². The van der Waals surface area contributed by atoms with Crippen LogP contribution >= 0.6 is 23.4 Å². The molecule has 1 aromatic heterocycles. The molecule has 0 bridgehead atoms. The minimum atomic E-state index is 0.575. The molecule has 0 spiro atoms. The minimum absolute atomic E-state index is 0.575. The smallest absolute Gasteiger partial charge is 0.191 e.